The van der Waals surface area contributed by atoms with Gasteiger partial charge in [0, 0.05) is 30.4 Å². The van der Waals surface area contributed by atoms with Crippen molar-refractivity contribution in [3.05, 3.63) is 36.0 Å². The molecule has 0 bridgehead atoms. The average Bonchev–Trinajstić information content (AvgIpc) is 2.70. The summed E-state index contributed by atoms with van der Waals surface area (Å²) >= 11 is 0. The normalized spacial score (nSPS) is 19.5. The summed E-state index contributed by atoms with van der Waals surface area (Å²) in [5.74, 6) is -0.924. The first kappa shape index (κ1) is 13.8. The van der Waals surface area contributed by atoms with Crippen LogP contribution in [0, 0.1) is 0 Å². The Morgan fingerprint density at radius 2 is 2.24 bits per heavy atom. The first-order chi connectivity index (χ1) is 10.1. The van der Waals surface area contributed by atoms with E-state index < -0.39 is 5.97 Å². The van der Waals surface area contributed by atoms with Crippen molar-refractivity contribution in [1.82, 2.24) is 4.98 Å². The first-order valence-corrected chi connectivity index (χ1v) is 7.14. The molecule has 1 atom stereocenters. The second kappa shape index (κ2) is 5.69. The van der Waals surface area contributed by atoms with Gasteiger partial charge in [0.15, 0.2) is 0 Å². The number of carboxylic acid groups (broad SMARTS) is 1. The Labute approximate surface area is 123 Å². The number of ether oxygens (including phenoxy) is 1. The minimum atomic E-state index is -0.924. The lowest BCUT2D eigenvalue weighted by atomic mass is 10.1. The van der Waals surface area contributed by atoms with E-state index in [1.165, 1.54) is 6.20 Å². The second-order valence-electron chi connectivity index (χ2n) is 5.32. The van der Waals surface area contributed by atoms with Crippen molar-refractivity contribution in [2.24, 2.45) is 0 Å². The molecule has 110 valence electrons. The molecule has 0 amide bonds. The third-order valence-electron chi connectivity index (χ3n) is 3.89. The molecular weight excluding hydrogens is 268 g/mol. The van der Waals surface area contributed by atoms with Gasteiger partial charge in [0.2, 0.25) is 0 Å². The Hall–Kier alpha value is -2.14. The average molecular weight is 286 g/mol. The van der Waals surface area contributed by atoms with Crippen molar-refractivity contribution in [1.29, 1.82) is 0 Å². The zero-order valence-corrected chi connectivity index (χ0v) is 12.0. The Morgan fingerprint density at radius 1 is 1.38 bits per heavy atom. The number of carboxylic acids is 1. The number of pyridine rings is 1. The van der Waals surface area contributed by atoms with Gasteiger partial charge in [0.1, 0.15) is 0 Å². The van der Waals surface area contributed by atoms with Gasteiger partial charge in [-0.2, -0.15) is 0 Å². The van der Waals surface area contributed by atoms with Crippen molar-refractivity contribution in [3.8, 4) is 0 Å². The second-order valence-corrected chi connectivity index (χ2v) is 5.32. The highest BCUT2D eigenvalue weighted by Crippen LogP contribution is 2.25. The van der Waals surface area contributed by atoms with Gasteiger partial charge >= 0.3 is 5.97 Å². The molecule has 3 rings (SSSR count). The topological polar surface area (TPSA) is 62.7 Å². The van der Waals surface area contributed by atoms with E-state index in [9.17, 15) is 9.90 Å². The Kier molecular flexibility index (Phi) is 3.75. The van der Waals surface area contributed by atoms with Gasteiger partial charge in [-0.25, -0.2) is 4.79 Å². The number of benzene rings is 1. The smallest absolute Gasteiger partial charge is 0.336 e. The van der Waals surface area contributed by atoms with Crippen LogP contribution in [0.3, 0.4) is 0 Å². The highest BCUT2D eigenvalue weighted by molar-refractivity contribution is 6.03. The molecule has 1 aromatic carbocycles. The van der Waals surface area contributed by atoms with Crippen LogP contribution >= 0.6 is 0 Å². The number of aromatic nitrogens is 1. The van der Waals surface area contributed by atoms with E-state index in [2.05, 4.69) is 16.8 Å². The van der Waals surface area contributed by atoms with Crippen LogP contribution in [0.1, 0.15) is 23.7 Å². The summed E-state index contributed by atoms with van der Waals surface area (Å²) in [5.41, 5.74) is 2.02. The predicted octanol–water partition coefficient (Wildman–Crippen LogP) is 2.55. The third kappa shape index (κ3) is 2.83. The van der Waals surface area contributed by atoms with E-state index in [0.29, 0.717) is 23.1 Å². The summed E-state index contributed by atoms with van der Waals surface area (Å²) < 4.78 is 5.66. The highest BCUT2D eigenvalue weighted by Gasteiger charge is 2.16. The van der Waals surface area contributed by atoms with Crippen LogP contribution in [0.15, 0.2) is 30.5 Å². The Bertz CT molecular complexity index is 672. The van der Waals surface area contributed by atoms with Gasteiger partial charge in [-0.05, 0) is 37.6 Å². The molecule has 0 saturated carbocycles. The predicted molar refractivity (Wildman–Crippen MR) is 80.9 cm³/mol. The van der Waals surface area contributed by atoms with E-state index in [1.807, 2.05) is 18.2 Å². The number of anilines is 1. The molecule has 1 unspecified atom stereocenters. The fourth-order valence-electron chi connectivity index (χ4n) is 2.67. The van der Waals surface area contributed by atoms with Gasteiger partial charge in [-0.1, -0.05) is 0 Å². The summed E-state index contributed by atoms with van der Waals surface area (Å²) in [6.07, 6.45) is 2.77. The van der Waals surface area contributed by atoms with Crippen LogP contribution in [-0.4, -0.2) is 41.9 Å². The number of nitrogens with zero attached hydrogens (tertiary/aromatic N) is 2. The van der Waals surface area contributed by atoms with Gasteiger partial charge in [0.25, 0.3) is 0 Å². The number of rotatable bonds is 2. The van der Waals surface area contributed by atoms with Crippen molar-refractivity contribution >= 4 is 22.6 Å². The highest BCUT2D eigenvalue weighted by atomic mass is 16.5. The van der Waals surface area contributed by atoms with Gasteiger partial charge in [0.05, 0.1) is 23.8 Å². The van der Waals surface area contributed by atoms with Crippen LogP contribution in [0.25, 0.3) is 10.9 Å². The molecule has 1 aromatic heterocycles. The molecule has 0 radical (unpaired) electrons. The van der Waals surface area contributed by atoms with Crippen LogP contribution in [-0.2, 0) is 4.74 Å². The number of hydrogen-bond donors (Lipinski definition) is 1. The van der Waals surface area contributed by atoms with Crippen molar-refractivity contribution < 1.29 is 14.6 Å². The number of carbonyl (C=O) groups is 1. The largest absolute Gasteiger partial charge is 0.478 e. The molecule has 0 spiro atoms. The SMILES string of the molecule is CC1CCN(c2ccc3nccc(C(=O)O)c3c2)CCO1. The maximum Gasteiger partial charge on any atom is 0.336 e. The fraction of sp³-hybridized carbons (Fsp3) is 0.375. The van der Waals surface area contributed by atoms with Gasteiger partial charge in [-0.3, -0.25) is 4.98 Å². The molecular formula is C16H18N2O3. The molecule has 5 nitrogen and oxygen atoms in total. The van der Waals surface area contributed by atoms with Gasteiger partial charge < -0.3 is 14.7 Å². The molecule has 1 N–H and O–H groups in total. The monoisotopic (exact) mass is 286 g/mol. The molecule has 1 fully saturated rings. The molecule has 2 heterocycles. The molecule has 21 heavy (non-hydrogen) atoms. The number of hydrogen-bond acceptors (Lipinski definition) is 4. The van der Waals surface area contributed by atoms with E-state index >= 15 is 0 Å². The zero-order chi connectivity index (χ0) is 14.8. The van der Waals surface area contributed by atoms with E-state index in [4.69, 9.17) is 4.74 Å². The third-order valence-corrected chi connectivity index (χ3v) is 3.89. The number of fused-ring (bicyclic) bond motifs is 1. The standard InChI is InChI=1S/C16H18N2O3/c1-11-5-7-18(8-9-21-11)12-2-3-15-14(10-12)13(16(19)20)4-6-17-15/h2-4,6,10-11H,5,7-9H2,1H3,(H,19,20). The summed E-state index contributed by atoms with van der Waals surface area (Å²) in [7, 11) is 0. The molecule has 1 aliphatic heterocycles. The lowest BCUT2D eigenvalue weighted by Gasteiger charge is -2.22. The summed E-state index contributed by atoms with van der Waals surface area (Å²) in [5, 5.41) is 9.98. The van der Waals surface area contributed by atoms with Crippen molar-refractivity contribution in [2.75, 3.05) is 24.6 Å². The Balaban J connectivity index is 2.00. The number of aromatic carboxylic acids is 1. The molecule has 5 heteroatoms. The lowest BCUT2D eigenvalue weighted by molar-refractivity contribution is 0.0698. The summed E-state index contributed by atoms with van der Waals surface area (Å²) in [4.78, 5) is 17.8. The molecule has 0 aliphatic carbocycles. The van der Waals surface area contributed by atoms with Gasteiger partial charge in [-0.15, -0.1) is 0 Å². The lowest BCUT2D eigenvalue weighted by Crippen LogP contribution is -2.25. The summed E-state index contributed by atoms with van der Waals surface area (Å²) in [6.45, 7) is 4.50. The van der Waals surface area contributed by atoms with Crippen LogP contribution < -0.4 is 4.90 Å². The van der Waals surface area contributed by atoms with Crippen LogP contribution in [0.5, 0.6) is 0 Å². The van der Waals surface area contributed by atoms with Crippen LogP contribution in [0.2, 0.25) is 0 Å². The fourth-order valence-corrected chi connectivity index (χ4v) is 2.67. The maximum atomic E-state index is 11.3. The van der Waals surface area contributed by atoms with E-state index in [0.717, 1.165) is 25.2 Å². The minimum absolute atomic E-state index is 0.270. The Morgan fingerprint density at radius 3 is 3.05 bits per heavy atom. The molecule has 2 aromatic rings. The van der Waals surface area contributed by atoms with E-state index in [-0.39, 0.29) is 6.10 Å². The van der Waals surface area contributed by atoms with Crippen molar-refractivity contribution in [3.63, 3.8) is 0 Å². The quantitative estimate of drug-likeness (QED) is 0.919. The molecule has 1 aliphatic rings. The first-order valence-electron chi connectivity index (χ1n) is 7.14. The minimum Gasteiger partial charge on any atom is -0.478 e. The molecule has 1 saturated heterocycles. The van der Waals surface area contributed by atoms with E-state index in [1.54, 1.807) is 6.07 Å². The van der Waals surface area contributed by atoms with Crippen molar-refractivity contribution in [2.45, 2.75) is 19.4 Å². The summed E-state index contributed by atoms with van der Waals surface area (Å²) in [6, 6.07) is 7.34. The zero-order valence-electron chi connectivity index (χ0n) is 12.0. The van der Waals surface area contributed by atoms with Crippen LogP contribution in [0.4, 0.5) is 5.69 Å². The maximum absolute atomic E-state index is 11.3.